The maximum absolute atomic E-state index is 11.7. The quantitative estimate of drug-likeness (QED) is 0.790. The van der Waals surface area contributed by atoms with E-state index in [9.17, 15) is 14.4 Å². The molecule has 0 bridgehead atoms. The Balaban J connectivity index is 2.20. The van der Waals surface area contributed by atoms with Gasteiger partial charge in [-0.25, -0.2) is 9.59 Å². The Labute approximate surface area is 108 Å². The number of ether oxygens (including phenoxy) is 2. The number of H-pyrrole nitrogens is 1. The smallest absolute Gasteiger partial charge is 0.373 e. The molecule has 7 heteroatoms. The van der Waals surface area contributed by atoms with E-state index in [1.165, 1.54) is 10.8 Å². The van der Waals surface area contributed by atoms with E-state index in [2.05, 4.69) is 4.98 Å². The second-order valence-corrected chi connectivity index (χ2v) is 4.08. The summed E-state index contributed by atoms with van der Waals surface area (Å²) >= 11 is 0. The summed E-state index contributed by atoms with van der Waals surface area (Å²) in [4.78, 5) is 36.6. The van der Waals surface area contributed by atoms with Crippen LogP contribution in [0.5, 0.6) is 0 Å². The number of carbonyl (C=O) groups excluding carboxylic acids is 1. The van der Waals surface area contributed by atoms with Gasteiger partial charge in [0.2, 0.25) is 5.76 Å². The van der Waals surface area contributed by atoms with Crippen molar-refractivity contribution in [3.8, 4) is 0 Å². The Morgan fingerprint density at radius 2 is 2.32 bits per heavy atom. The molecule has 1 aliphatic rings. The van der Waals surface area contributed by atoms with Crippen LogP contribution in [0.1, 0.15) is 25.1 Å². The molecule has 19 heavy (non-hydrogen) atoms. The fourth-order valence-electron chi connectivity index (χ4n) is 1.75. The van der Waals surface area contributed by atoms with Gasteiger partial charge < -0.3 is 9.47 Å². The minimum atomic E-state index is -0.637. The summed E-state index contributed by atoms with van der Waals surface area (Å²) in [6.07, 6.45) is 2.70. The summed E-state index contributed by atoms with van der Waals surface area (Å²) in [5.74, 6) is -0.471. The highest BCUT2D eigenvalue weighted by atomic mass is 16.6. The number of aromatic nitrogens is 2. The number of hydrogen-bond acceptors (Lipinski definition) is 5. The average Bonchev–Trinajstić information content (AvgIpc) is 2.83. The summed E-state index contributed by atoms with van der Waals surface area (Å²) in [5, 5.41) is 0. The van der Waals surface area contributed by atoms with Gasteiger partial charge in [0, 0.05) is 18.2 Å². The van der Waals surface area contributed by atoms with Gasteiger partial charge in [-0.15, -0.1) is 0 Å². The minimum absolute atomic E-state index is 0.0857. The standard InChI is InChI=1S/C12H14N2O5/c1-3-18-11(16)8-4-5-9(19-8)14-6-7(2)10(15)13-12(14)17/h4,6,9H,3,5H2,1-2H3,(H,13,15,17). The van der Waals surface area contributed by atoms with Crippen molar-refractivity contribution in [2.75, 3.05) is 6.61 Å². The molecule has 0 saturated carbocycles. The topological polar surface area (TPSA) is 90.4 Å². The van der Waals surface area contributed by atoms with Crippen molar-refractivity contribution in [3.05, 3.63) is 44.4 Å². The molecule has 0 fully saturated rings. The third-order valence-electron chi connectivity index (χ3n) is 2.70. The lowest BCUT2D eigenvalue weighted by molar-refractivity contribution is -0.143. The number of aromatic amines is 1. The molecule has 0 spiro atoms. The second-order valence-electron chi connectivity index (χ2n) is 4.08. The molecule has 1 unspecified atom stereocenters. The van der Waals surface area contributed by atoms with E-state index in [0.717, 1.165) is 0 Å². The molecule has 0 radical (unpaired) electrons. The van der Waals surface area contributed by atoms with E-state index in [4.69, 9.17) is 9.47 Å². The van der Waals surface area contributed by atoms with Gasteiger partial charge in [-0.3, -0.25) is 14.3 Å². The second kappa shape index (κ2) is 5.13. The van der Waals surface area contributed by atoms with Crippen molar-refractivity contribution in [2.45, 2.75) is 26.5 Å². The first-order valence-electron chi connectivity index (χ1n) is 5.89. The van der Waals surface area contributed by atoms with Gasteiger partial charge in [-0.2, -0.15) is 0 Å². The third kappa shape index (κ3) is 2.59. The number of carbonyl (C=O) groups is 1. The van der Waals surface area contributed by atoms with Gasteiger partial charge in [0.1, 0.15) is 0 Å². The van der Waals surface area contributed by atoms with Gasteiger partial charge in [-0.1, -0.05) is 0 Å². The summed E-state index contributed by atoms with van der Waals surface area (Å²) in [7, 11) is 0. The van der Waals surface area contributed by atoms with Crippen LogP contribution in [0.3, 0.4) is 0 Å². The maximum Gasteiger partial charge on any atom is 0.373 e. The number of nitrogens with zero attached hydrogens (tertiary/aromatic N) is 1. The van der Waals surface area contributed by atoms with Crippen LogP contribution in [0.25, 0.3) is 0 Å². The largest absolute Gasteiger partial charge is 0.462 e. The highest BCUT2D eigenvalue weighted by Gasteiger charge is 2.26. The van der Waals surface area contributed by atoms with E-state index < -0.39 is 23.4 Å². The molecule has 1 aliphatic heterocycles. The van der Waals surface area contributed by atoms with Crippen LogP contribution in [0, 0.1) is 6.92 Å². The van der Waals surface area contributed by atoms with Crippen molar-refractivity contribution in [1.29, 1.82) is 0 Å². The first-order valence-corrected chi connectivity index (χ1v) is 5.89. The van der Waals surface area contributed by atoms with Crippen molar-refractivity contribution >= 4 is 5.97 Å². The van der Waals surface area contributed by atoms with E-state index in [1.807, 2.05) is 0 Å². The fraction of sp³-hybridized carbons (Fsp3) is 0.417. The molecule has 1 atom stereocenters. The zero-order valence-corrected chi connectivity index (χ0v) is 10.6. The Hall–Kier alpha value is -2.31. The van der Waals surface area contributed by atoms with Crippen LogP contribution in [-0.4, -0.2) is 22.1 Å². The summed E-state index contributed by atoms with van der Waals surface area (Å²) in [6, 6.07) is 0. The average molecular weight is 266 g/mol. The van der Waals surface area contributed by atoms with Crippen molar-refractivity contribution in [1.82, 2.24) is 9.55 Å². The van der Waals surface area contributed by atoms with E-state index in [1.54, 1.807) is 19.9 Å². The Morgan fingerprint density at radius 3 is 3.00 bits per heavy atom. The van der Waals surface area contributed by atoms with Crippen molar-refractivity contribution < 1.29 is 14.3 Å². The molecule has 2 heterocycles. The molecule has 1 aromatic rings. The number of esters is 1. The van der Waals surface area contributed by atoms with Gasteiger partial charge in [0.25, 0.3) is 5.56 Å². The lowest BCUT2D eigenvalue weighted by Crippen LogP contribution is -2.33. The number of aryl methyl sites for hydroxylation is 1. The van der Waals surface area contributed by atoms with E-state index >= 15 is 0 Å². The Kier molecular flexibility index (Phi) is 3.55. The Bertz CT molecular complexity index is 640. The van der Waals surface area contributed by atoms with Gasteiger partial charge in [-0.05, 0) is 19.9 Å². The summed E-state index contributed by atoms with van der Waals surface area (Å²) < 4.78 is 11.4. The third-order valence-corrected chi connectivity index (χ3v) is 2.70. The molecule has 1 aromatic heterocycles. The molecule has 0 aromatic carbocycles. The molecule has 2 rings (SSSR count). The zero-order chi connectivity index (χ0) is 14.0. The molecule has 0 aliphatic carbocycles. The summed E-state index contributed by atoms with van der Waals surface area (Å²) in [6.45, 7) is 3.53. The molecule has 102 valence electrons. The highest BCUT2D eigenvalue weighted by Crippen LogP contribution is 2.25. The predicted octanol–water partition coefficient (Wildman–Crippen LogP) is 0.211. The molecule has 7 nitrogen and oxygen atoms in total. The maximum atomic E-state index is 11.7. The molecule has 1 N–H and O–H groups in total. The zero-order valence-electron chi connectivity index (χ0n) is 10.6. The van der Waals surface area contributed by atoms with Crippen LogP contribution in [0.4, 0.5) is 0 Å². The molecule has 0 saturated heterocycles. The van der Waals surface area contributed by atoms with Gasteiger partial charge in [0.05, 0.1) is 6.61 Å². The van der Waals surface area contributed by atoms with Crippen molar-refractivity contribution in [2.24, 2.45) is 0 Å². The van der Waals surface area contributed by atoms with Gasteiger partial charge in [0.15, 0.2) is 6.23 Å². The number of hydrogen-bond donors (Lipinski definition) is 1. The van der Waals surface area contributed by atoms with Crippen LogP contribution in [0.2, 0.25) is 0 Å². The van der Waals surface area contributed by atoms with Crippen LogP contribution in [0.15, 0.2) is 27.6 Å². The lowest BCUT2D eigenvalue weighted by Gasteiger charge is -2.15. The monoisotopic (exact) mass is 266 g/mol. The normalized spacial score (nSPS) is 17.8. The van der Waals surface area contributed by atoms with Crippen molar-refractivity contribution in [3.63, 3.8) is 0 Å². The number of rotatable bonds is 3. The molecule has 0 amide bonds. The Morgan fingerprint density at radius 1 is 1.58 bits per heavy atom. The van der Waals surface area contributed by atoms with E-state index in [-0.39, 0.29) is 12.4 Å². The van der Waals surface area contributed by atoms with Crippen LogP contribution in [-0.2, 0) is 14.3 Å². The predicted molar refractivity (Wildman–Crippen MR) is 65.5 cm³/mol. The summed E-state index contributed by atoms with van der Waals surface area (Å²) in [5.41, 5.74) is -0.607. The van der Waals surface area contributed by atoms with Gasteiger partial charge >= 0.3 is 11.7 Å². The molecular formula is C12H14N2O5. The lowest BCUT2D eigenvalue weighted by atomic mass is 10.3. The first kappa shape index (κ1) is 13.1. The first-order chi connectivity index (χ1) is 9.02. The highest BCUT2D eigenvalue weighted by molar-refractivity contribution is 5.86. The van der Waals surface area contributed by atoms with Crippen LogP contribution >= 0.6 is 0 Å². The van der Waals surface area contributed by atoms with Crippen LogP contribution < -0.4 is 11.2 Å². The molecular weight excluding hydrogens is 252 g/mol. The van der Waals surface area contributed by atoms with E-state index in [0.29, 0.717) is 12.0 Å². The number of nitrogens with one attached hydrogen (secondary N) is 1. The minimum Gasteiger partial charge on any atom is -0.462 e. The fourth-order valence-corrected chi connectivity index (χ4v) is 1.75. The SMILES string of the molecule is CCOC(=O)C1=CCC(n2cc(C)c(=O)[nH]c2=O)O1.